The zero-order valence-corrected chi connectivity index (χ0v) is 11.0. The molecule has 5 nitrogen and oxygen atoms in total. The topological polar surface area (TPSA) is 62.1 Å². The number of hydrogen-bond acceptors (Lipinski definition) is 4. The van der Waals surface area contributed by atoms with E-state index in [9.17, 15) is 4.79 Å². The molecule has 0 radical (unpaired) electrons. The highest BCUT2D eigenvalue weighted by molar-refractivity contribution is 6.11. The first-order chi connectivity index (χ1) is 9.27. The monoisotopic (exact) mass is 262 g/mol. The van der Waals surface area contributed by atoms with Crippen molar-refractivity contribution in [2.75, 3.05) is 24.7 Å². The molecule has 0 bridgehead atoms. The number of carbonyl (C=O) groups is 1. The number of rotatable bonds is 4. The summed E-state index contributed by atoms with van der Waals surface area (Å²) in [5, 5.41) is 12.3. The number of ether oxygens (including phenoxy) is 1. The van der Waals surface area contributed by atoms with E-state index < -0.39 is 0 Å². The normalized spacial score (nSPS) is 16.5. The molecule has 0 saturated carbocycles. The van der Waals surface area contributed by atoms with Crippen LogP contribution >= 0.6 is 0 Å². The van der Waals surface area contributed by atoms with Gasteiger partial charge in [0.25, 0.3) is 0 Å². The molecule has 0 fully saturated rings. The van der Waals surface area contributed by atoms with Crippen molar-refractivity contribution in [2.45, 2.75) is 19.8 Å². The lowest BCUT2D eigenvalue weighted by Crippen LogP contribution is -2.38. The third-order valence-electron chi connectivity index (χ3n) is 3.16. The Morgan fingerprint density at radius 2 is 2.26 bits per heavy atom. The zero-order chi connectivity index (χ0) is 13.7. The van der Waals surface area contributed by atoms with Crippen molar-refractivity contribution < 1.29 is 14.7 Å². The van der Waals surface area contributed by atoms with E-state index in [4.69, 9.17) is 9.94 Å². The zero-order valence-electron chi connectivity index (χ0n) is 11.0. The Morgan fingerprint density at radius 3 is 3.00 bits per heavy atom. The Bertz CT molecular complexity index is 485. The van der Waals surface area contributed by atoms with E-state index in [1.807, 2.05) is 31.2 Å². The quantitative estimate of drug-likeness (QED) is 0.513. The van der Waals surface area contributed by atoms with E-state index >= 15 is 0 Å². The van der Waals surface area contributed by atoms with Gasteiger partial charge in [-0.2, -0.15) is 0 Å². The van der Waals surface area contributed by atoms with Crippen LogP contribution in [0.5, 0.6) is 0 Å². The lowest BCUT2D eigenvalue weighted by atomic mass is 9.99. The van der Waals surface area contributed by atoms with Crippen molar-refractivity contribution in [1.29, 1.82) is 0 Å². The van der Waals surface area contributed by atoms with Gasteiger partial charge in [-0.1, -0.05) is 23.4 Å². The van der Waals surface area contributed by atoms with Gasteiger partial charge >= 0.3 is 0 Å². The average Bonchev–Trinajstić information content (AvgIpc) is 2.46. The van der Waals surface area contributed by atoms with Crippen LogP contribution < -0.4 is 4.90 Å². The van der Waals surface area contributed by atoms with Gasteiger partial charge in [0, 0.05) is 25.1 Å². The van der Waals surface area contributed by atoms with Crippen LogP contribution in [-0.2, 0) is 9.53 Å². The van der Waals surface area contributed by atoms with Crippen LogP contribution in [0.1, 0.15) is 25.3 Å². The summed E-state index contributed by atoms with van der Waals surface area (Å²) in [6.45, 7) is 3.51. The van der Waals surface area contributed by atoms with Crippen molar-refractivity contribution >= 4 is 17.3 Å². The summed E-state index contributed by atoms with van der Waals surface area (Å²) < 4.78 is 5.21. The number of benzene rings is 1. The Morgan fingerprint density at radius 1 is 1.47 bits per heavy atom. The summed E-state index contributed by atoms with van der Waals surface area (Å²) in [7, 11) is 0. The summed E-state index contributed by atoms with van der Waals surface area (Å²) in [5.74, 6) is 0.0397. The minimum atomic E-state index is 0.0397. The number of anilines is 1. The Kier molecular flexibility index (Phi) is 4.52. The van der Waals surface area contributed by atoms with E-state index in [1.54, 1.807) is 4.90 Å². The van der Waals surface area contributed by atoms with Crippen LogP contribution in [-0.4, -0.2) is 36.6 Å². The maximum Gasteiger partial charge on any atom is 0.229 e. The summed E-state index contributed by atoms with van der Waals surface area (Å²) >= 11 is 0. The number of oxime groups is 1. The predicted molar refractivity (Wildman–Crippen MR) is 72.8 cm³/mol. The van der Waals surface area contributed by atoms with Crippen LogP contribution in [0, 0.1) is 0 Å². The molecule has 1 aromatic carbocycles. The van der Waals surface area contributed by atoms with Gasteiger partial charge in [0.05, 0.1) is 24.4 Å². The van der Waals surface area contributed by atoms with Gasteiger partial charge in [-0.15, -0.1) is 0 Å². The minimum absolute atomic E-state index is 0.0397. The molecule has 2 rings (SSSR count). The molecule has 0 aromatic heterocycles. The summed E-state index contributed by atoms with van der Waals surface area (Å²) in [6, 6.07) is 7.49. The molecule has 0 aliphatic carbocycles. The molecule has 1 N–H and O–H groups in total. The summed E-state index contributed by atoms with van der Waals surface area (Å²) in [6.07, 6.45) is 0.932. The van der Waals surface area contributed by atoms with Gasteiger partial charge in [0.1, 0.15) is 0 Å². The number of amides is 1. The molecule has 1 aliphatic heterocycles. The highest BCUT2D eigenvalue weighted by Crippen LogP contribution is 2.27. The van der Waals surface area contributed by atoms with Crippen LogP contribution in [0.3, 0.4) is 0 Å². The third kappa shape index (κ3) is 2.93. The fourth-order valence-electron chi connectivity index (χ4n) is 2.23. The molecule has 1 aliphatic rings. The smallest absolute Gasteiger partial charge is 0.229 e. The number of nitrogens with zero attached hydrogens (tertiary/aromatic N) is 2. The predicted octanol–water partition coefficient (Wildman–Crippen LogP) is 2.03. The molecule has 0 unspecified atom stereocenters. The maximum absolute atomic E-state index is 12.2. The van der Waals surface area contributed by atoms with Crippen LogP contribution in [0.2, 0.25) is 0 Å². The summed E-state index contributed by atoms with van der Waals surface area (Å²) in [4.78, 5) is 13.9. The number of hydrogen-bond donors (Lipinski definition) is 1. The van der Waals surface area contributed by atoms with Gasteiger partial charge < -0.3 is 14.8 Å². The maximum atomic E-state index is 12.2. The second-order valence-corrected chi connectivity index (χ2v) is 4.31. The first-order valence-electron chi connectivity index (χ1n) is 6.46. The molecule has 0 atom stereocenters. The van der Waals surface area contributed by atoms with Crippen molar-refractivity contribution in [3.8, 4) is 0 Å². The first-order valence-corrected chi connectivity index (χ1v) is 6.46. The molecule has 102 valence electrons. The second kappa shape index (κ2) is 6.33. The largest absolute Gasteiger partial charge is 0.411 e. The van der Waals surface area contributed by atoms with Crippen LogP contribution in [0.4, 0.5) is 5.69 Å². The van der Waals surface area contributed by atoms with E-state index in [1.165, 1.54) is 0 Å². The molecule has 19 heavy (non-hydrogen) atoms. The number of fused-ring (bicyclic) bond motifs is 1. The molecule has 0 saturated heterocycles. The van der Waals surface area contributed by atoms with Gasteiger partial charge in [-0.25, -0.2) is 0 Å². The fraction of sp³-hybridized carbons (Fsp3) is 0.429. The van der Waals surface area contributed by atoms with Gasteiger partial charge in [-0.05, 0) is 13.0 Å². The van der Waals surface area contributed by atoms with Gasteiger partial charge in [0.15, 0.2) is 0 Å². The van der Waals surface area contributed by atoms with Crippen LogP contribution in [0.15, 0.2) is 29.4 Å². The van der Waals surface area contributed by atoms with Crippen molar-refractivity contribution in [2.24, 2.45) is 5.16 Å². The summed E-state index contributed by atoms with van der Waals surface area (Å²) in [5.41, 5.74) is 2.26. The number of para-hydroxylation sites is 1. The molecular weight excluding hydrogens is 244 g/mol. The fourth-order valence-corrected chi connectivity index (χ4v) is 2.23. The standard InChI is InChI=1S/C14H18N2O3/c1-2-19-10-8-14(17)16-9-7-12(15-18)11-5-3-4-6-13(11)16/h3-6,18H,2,7-10H2,1H3. The van der Waals surface area contributed by atoms with E-state index in [0.717, 1.165) is 11.3 Å². The second-order valence-electron chi connectivity index (χ2n) is 4.31. The van der Waals surface area contributed by atoms with Gasteiger partial charge in [0.2, 0.25) is 5.91 Å². The van der Waals surface area contributed by atoms with Crippen molar-refractivity contribution in [3.05, 3.63) is 29.8 Å². The number of carbonyl (C=O) groups excluding carboxylic acids is 1. The SMILES string of the molecule is CCOCCC(=O)N1CCC(=NO)c2ccccc21. The molecular formula is C14H18N2O3. The Hall–Kier alpha value is -1.88. The molecule has 1 amide bonds. The molecule has 1 aromatic rings. The van der Waals surface area contributed by atoms with Crippen LogP contribution in [0.25, 0.3) is 0 Å². The van der Waals surface area contributed by atoms with E-state index in [-0.39, 0.29) is 5.91 Å². The molecule has 0 spiro atoms. The Labute approximate surface area is 112 Å². The minimum Gasteiger partial charge on any atom is -0.411 e. The van der Waals surface area contributed by atoms with Crippen molar-refractivity contribution in [1.82, 2.24) is 0 Å². The molecule has 1 heterocycles. The van der Waals surface area contributed by atoms with Crippen molar-refractivity contribution in [3.63, 3.8) is 0 Å². The van der Waals surface area contributed by atoms with Gasteiger partial charge in [-0.3, -0.25) is 4.79 Å². The van der Waals surface area contributed by atoms with E-state index in [2.05, 4.69) is 5.16 Å². The lowest BCUT2D eigenvalue weighted by molar-refractivity contribution is -0.119. The third-order valence-corrected chi connectivity index (χ3v) is 3.16. The first kappa shape index (κ1) is 13.5. The Balaban J connectivity index is 2.18. The average molecular weight is 262 g/mol. The highest BCUT2D eigenvalue weighted by atomic mass is 16.5. The van der Waals surface area contributed by atoms with E-state index in [0.29, 0.717) is 38.3 Å². The highest BCUT2D eigenvalue weighted by Gasteiger charge is 2.25. The molecule has 5 heteroatoms. The lowest BCUT2D eigenvalue weighted by Gasteiger charge is -2.29.